The molecule has 0 fully saturated rings. The summed E-state index contributed by atoms with van der Waals surface area (Å²) in [6, 6.07) is 16.2. The summed E-state index contributed by atoms with van der Waals surface area (Å²) in [6.07, 6.45) is 0. The van der Waals surface area contributed by atoms with Gasteiger partial charge in [-0.1, -0.05) is 0 Å². The second-order valence-corrected chi connectivity index (χ2v) is 9.42. The Bertz CT molecular complexity index is 440. The average molecular weight is 342 g/mol. The third kappa shape index (κ3) is 2.81. The van der Waals surface area contributed by atoms with Crippen molar-refractivity contribution in [2.24, 2.45) is 0 Å². The van der Waals surface area contributed by atoms with Gasteiger partial charge >= 0.3 is 107 Å². The van der Waals surface area contributed by atoms with Crippen LogP contribution in [0.2, 0.25) is 0 Å². The van der Waals surface area contributed by atoms with Crippen molar-refractivity contribution in [3.8, 4) is 0 Å². The Morgan fingerprint density at radius 2 is 1.00 bits per heavy atom. The zero-order chi connectivity index (χ0) is 11.4. The number of hydrogen-bond donors (Lipinski definition) is 2. The van der Waals surface area contributed by atoms with Crippen LogP contribution in [0, 0.1) is 0 Å². The third-order valence-electron chi connectivity index (χ3n) is 2.06. The van der Waals surface area contributed by atoms with E-state index in [2.05, 4.69) is 12.1 Å². The van der Waals surface area contributed by atoms with Gasteiger partial charge < -0.3 is 0 Å². The first-order valence-corrected chi connectivity index (χ1v) is 10.9. The molecule has 0 amide bonds. The van der Waals surface area contributed by atoms with Gasteiger partial charge in [-0.15, -0.1) is 0 Å². The van der Waals surface area contributed by atoms with Crippen LogP contribution in [0.1, 0.15) is 0 Å². The van der Waals surface area contributed by atoms with E-state index >= 15 is 0 Å². The Morgan fingerprint density at radius 3 is 1.38 bits per heavy atom. The van der Waals surface area contributed by atoms with Crippen molar-refractivity contribution in [2.45, 2.75) is 0 Å². The number of para-hydroxylation sites is 2. The molecule has 4 N–H and O–H groups in total. The normalized spacial score (nSPS) is 10.2. The SMILES string of the molecule is Nc1ccccc1[Se][Se]c1ccccc1N. The van der Waals surface area contributed by atoms with Gasteiger partial charge in [0.15, 0.2) is 0 Å². The Balaban J connectivity index is 2.09. The number of benzene rings is 2. The maximum atomic E-state index is 5.92. The summed E-state index contributed by atoms with van der Waals surface area (Å²) in [6.45, 7) is 0. The molecular formula is C12H12N2Se2. The van der Waals surface area contributed by atoms with Gasteiger partial charge in [0.2, 0.25) is 0 Å². The van der Waals surface area contributed by atoms with Crippen LogP contribution in [-0.2, 0) is 0 Å². The fourth-order valence-electron chi connectivity index (χ4n) is 1.20. The van der Waals surface area contributed by atoms with Crippen molar-refractivity contribution >= 4 is 46.6 Å². The predicted molar refractivity (Wildman–Crippen MR) is 72.5 cm³/mol. The molecule has 0 aliphatic carbocycles. The van der Waals surface area contributed by atoms with Crippen LogP contribution in [0.25, 0.3) is 0 Å². The van der Waals surface area contributed by atoms with Crippen LogP contribution >= 0.6 is 0 Å². The van der Waals surface area contributed by atoms with Crippen LogP contribution in [0.15, 0.2) is 48.5 Å². The van der Waals surface area contributed by atoms with Crippen molar-refractivity contribution in [1.29, 1.82) is 0 Å². The molecule has 16 heavy (non-hydrogen) atoms. The van der Waals surface area contributed by atoms with E-state index in [1.165, 1.54) is 8.92 Å². The van der Waals surface area contributed by atoms with E-state index < -0.39 is 0 Å². The van der Waals surface area contributed by atoms with Crippen molar-refractivity contribution in [3.05, 3.63) is 48.5 Å². The maximum absolute atomic E-state index is 5.92. The molecule has 0 heterocycles. The molecule has 2 aromatic rings. The fraction of sp³-hybridized carbons (Fsp3) is 0. The molecule has 0 aromatic heterocycles. The molecule has 0 atom stereocenters. The van der Waals surface area contributed by atoms with Gasteiger partial charge in [0, 0.05) is 0 Å². The van der Waals surface area contributed by atoms with Crippen molar-refractivity contribution in [2.75, 3.05) is 11.5 Å². The topological polar surface area (TPSA) is 52.0 Å². The molecule has 82 valence electrons. The van der Waals surface area contributed by atoms with Crippen molar-refractivity contribution in [1.82, 2.24) is 0 Å². The Morgan fingerprint density at radius 1 is 0.625 bits per heavy atom. The minimum atomic E-state index is 0.411. The standard InChI is InChI=1S/C12H12N2Se2/c13-9-5-1-3-7-11(9)15-16-12-8-4-2-6-10(12)14/h1-8H,13-14H2. The molecule has 2 aromatic carbocycles. The number of anilines is 2. The van der Waals surface area contributed by atoms with E-state index in [-0.39, 0.29) is 0 Å². The summed E-state index contributed by atoms with van der Waals surface area (Å²) in [7, 11) is 0. The molecule has 2 rings (SSSR count). The van der Waals surface area contributed by atoms with Gasteiger partial charge in [-0.25, -0.2) is 0 Å². The zero-order valence-corrected chi connectivity index (χ0v) is 12.0. The molecular weight excluding hydrogens is 330 g/mol. The Kier molecular flexibility index (Phi) is 3.92. The van der Waals surface area contributed by atoms with Gasteiger partial charge in [-0.2, -0.15) is 0 Å². The summed E-state index contributed by atoms with van der Waals surface area (Å²) in [5, 5.41) is 0. The molecule has 0 saturated heterocycles. The fourth-order valence-corrected chi connectivity index (χ4v) is 8.10. The van der Waals surface area contributed by atoms with Crippen molar-refractivity contribution in [3.63, 3.8) is 0 Å². The second kappa shape index (κ2) is 5.42. The second-order valence-electron chi connectivity index (χ2n) is 3.24. The summed E-state index contributed by atoms with van der Waals surface area (Å²) < 4.78 is 2.55. The first kappa shape index (κ1) is 11.6. The van der Waals surface area contributed by atoms with Gasteiger partial charge in [0.1, 0.15) is 0 Å². The third-order valence-corrected chi connectivity index (χ3v) is 9.37. The van der Waals surface area contributed by atoms with Crippen LogP contribution in [0.4, 0.5) is 11.4 Å². The van der Waals surface area contributed by atoms with Gasteiger partial charge in [-0.05, 0) is 0 Å². The first-order valence-electron chi connectivity index (χ1n) is 4.81. The number of nitrogen functional groups attached to an aromatic ring is 2. The molecule has 0 aliphatic heterocycles. The Hall–Kier alpha value is -0.921. The van der Waals surface area contributed by atoms with E-state index in [4.69, 9.17) is 11.5 Å². The van der Waals surface area contributed by atoms with E-state index in [1.807, 2.05) is 36.4 Å². The van der Waals surface area contributed by atoms with E-state index in [1.54, 1.807) is 0 Å². The summed E-state index contributed by atoms with van der Waals surface area (Å²) in [5.41, 5.74) is 13.6. The number of nitrogens with two attached hydrogens (primary N) is 2. The predicted octanol–water partition coefficient (Wildman–Crippen LogP) is 0.125. The van der Waals surface area contributed by atoms with E-state index in [0.29, 0.717) is 26.3 Å². The van der Waals surface area contributed by atoms with E-state index in [9.17, 15) is 0 Å². The van der Waals surface area contributed by atoms with Gasteiger partial charge in [-0.3, -0.25) is 0 Å². The molecule has 0 unspecified atom stereocenters. The van der Waals surface area contributed by atoms with Crippen LogP contribution in [-0.4, -0.2) is 26.3 Å². The summed E-state index contributed by atoms with van der Waals surface area (Å²) >= 11 is 0.821. The number of rotatable bonds is 3. The van der Waals surface area contributed by atoms with Crippen LogP contribution in [0.3, 0.4) is 0 Å². The molecule has 4 heteroatoms. The van der Waals surface area contributed by atoms with Gasteiger partial charge in [0.05, 0.1) is 0 Å². The quantitative estimate of drug-likeness (QED) is 0.615. The monoisotopic (exact) mass is 344 g/mol. The van der Waals surface area contributed by atoms with Crippen LogP contribution in [0.5, 0.6) is 0 Å². The summed E-state index contributed by atoms with van der Waals surface area (Å²) in [5.74, 6) is 0. The molecule has 0 spiro atoms. The molecule has 0 aliphatic rings. The molecule has 0 saturated carbocycles. The van der Waals surface area contributed by atoms with Crippen molar-refractivity contribution < 1.29 is 0 Å². The first-order chi connectivity index (χ1) is 7.77. The number of hydrogen-bond acceptors (Lipinski definition) is 2. The average Bonchev–Trinajstić information content (AvgIpc) is 2.30. The van der Waals surface area contributed by atoms with Crippen LogP contribution < -0.4 is 20.4 Å². The van der Waals surface area contributed by atoms with Gasteiger partial charge in [0.25, 0.3) is 0 Å². The molecule has 2 nitrogen and oxygen atoms in total. The Labute approximate surface area is 106 Å². The molecule has 0 bridgehead atoms. The minimum absolute atomic E-state index is 0.411. The van der Waals surface area contributed by atoms with E-state index in [0.717, 1.165) is 11.4 Å². The zero-order valence-electron chi connectivity index (χ0n) is 8.59. The molecule has 0 radical (unpaired) electrons. The summed E-state index contributed by atoms with van der Waals surface area (Å²) in [4.78, 5) is 0.